The second kappa shape index (κ2) is 9.65. The zero-order chi connectivity index (χ0) is 24.6. The van der Waals surface area contributed by atoms with Gasteiger partial charge in [-0.25, -0.2) is 0 Å². The van der Waals surface area contributed by atoms with Crippen LogP contribution in [0.1, 0.15) is 62.6 Å². The average Bonchev–Trinajstić information content (AvgIpc) is 2.92. The molecule has 6 heteroatoms. The molecule has 4 rings (SSSR count). The van der Waals surface area contributed by atoms with Crippen LogP contribution in [0.25, 0.3) is 5.57 Å². The summed E-state index contributed by atoms with van der Waals surface area (Å²) < 4.78 is 51.9. The van der Waals surface area contributed by atoms with E-state index < -0.39 is 11.7 Å². The number of methoxy groups -OCH3 is 1. The first-order chi connectivity index (χ1) is 16.2. The van der Waals surface area contributed by atoms with Crippen LogP contribution in [0.3, 0.4) is 0 Å². The molecule has 1 heterocycles. The Bertz CT molecular complexity index is 1040. The molecule has 0 saturated heterocycles. The van der Waals surface area contributed by atoms with Crippen molar-refractivity contribution >= 4 is 5.57 Å². The summed E-state index contributed by atoms with van der Waals surface area (Å²) in [6, 6.07) is 4.24. The summed E-state index contributed by atoms with van der Waals surface area (Å²) in [5.41, 5.74) is 4.79. The molecule has 3 aliphatic rings. The van der Waals surface area contributed by atoms with Crippen LogP contribution in [0, 0.1) is 5.92 Å². The molecule has 34 heavy (non-hydrogen) atoms. The van der Waals surface area contributed by atoms with Crippen LogP contribution in [-0.4, -0.2) is 37.3 Å². The van der Waals surface area contributed by atoms with Gasteiger partial charge in [-0.2, -0.15) is 13.2 Å². The van der Waals surface area contributed by atoms with E-state index in [1.54, 1.807) is 13.2 Å². The first kappa shape index (κ1) is 24.6. The van der Waals surface area contributed by atoms with Crippen LogP contribution in [0.5, 0.6) is 0 Å². The number of hydrogen-bond acceptors (Lipinski definition) is 3. The highest BCUT2D eigenvalue weighted by atomic mass is 19.4. The SMILES string of the molecule is C=C(OCC)N1CCC2=C(CC(C)C(C)c3cc(C(F)(F)F)ccc32)C1C1=CCC(OC)C=C1. The normalized spacial score (nSPS) is 27.0. The lowest BCUT2D eigenvalue weighted by Crippen LogP contribution is -2.42. The second-order valence-electron chi connectivity index (χ2n) is 9.52. The van der Waals surface area contributed by atoms with Gasteiger partial charge in [0.2, 0.25) is 0 Å². The van der Waals surface area contributed by atoms with Crippen molar-refractivity contribution in [3.8, 4) is 0 Å². The third kappa shape index (κ3) is 4.57. The third-order valence-corrected chi connectivity index (χ3v) is 7.56. The molecule has 184 valence electrons. The lowest BCUT2D eigenvalue weighted by Gasteiger charge is -2.42. The van der Waals surface area contributed by atoms with Crippen molar-refractivity contribution in [2.24, 2.45) is 5.92 Å². The van der Waals surface area contributed by atoms with Gasteiger partial charge in [-0.3, -0.25) is 0 Å². The van der Waals surface area contributed by atoms with E-state index in [0.29, 0.717) is 19.0 Å². The Balaban J connectivity index is 1.85. The quantitative estimate of drug-likeness (QED) is 0.426. The standard InChI is InChI=1S/C28H34F3NO2/c1-6-34-19(4)32-14-13-24-23-12-9-21(28(29,30)31)16-25(23)18(3)17(2)15-26(24)27(32)20-7-10-22(33-5)11-8-20/h7-10,12,16-18,22,27H,4,6,11,13-15H2,1-3,5H3. The fourth-order valence-electron chi connectivity index (χ4n) is 5.53. The lowest BCUT2D eigenvalue weighted by molar-refractivity contribution is -0.137. The van der Waals surface area contributed by atoms with Gasteiger partial charge in [-0.15, -0.1) is 0 Å². The zero-order valence-electron chi connectivity index (χ0n) is 20.4. The second-order valence-corrected chi connectivity index (χ2v) is 9.52. The van der Waals surface area contributed by atoms with Crippen LogP contribution in [0.15, 0.2) is 60.0 Å². The summed E-state index contributed by atoms with van der Waals surface area (Å²) in [4.78, 5) is 2.22. The van der Waals surface area contributed by atoms with Gasteiger partial charge in [0, 0.05) is 13.7 Å². The summed E-state index contributed by atoms with van der Waals surface area (Å²) in [5, 5.41) is 0. The number of halogens is 3. The highest BCUT2D eigenvalue weighted by molar-refractivity contribution is 5.76. The van der Waals surface area contributed by atoms with Crippen LogP contribution in [0.2, 0.25) is 0 Å². The van der Waals surface area contributed by atoms with Gasteiger partial charge in [0.05, 0.1) is 24.3 Å². The molecule has 0 bridgehead atoms. The summed E-state index contributed by atoms with van der Waals surface area (Å²) in [6.07, 6.45) is 4.47. The van der Waals surface area contributed by atoms with Crippen molar-refractivity contribution in [2.75, 3.05) is 20.3 Å². The average molecular weight is 474 g/mol. The number of nitrogens with zero attached hydrogens (tertiary/aromatic N) is 1. The maximum Gasteiger partial charge on any atom is 0.416 e. The maximum absolute atomic E-state index is 13.5. The predicted octanol–water partition coefficient (Wildman–Crippen LogP) is 7.09. The van der Waals surface area contributed by atoms with Crippen LogP contribution < -0.4 is 0 Å². The predicted molar refractivity (Wildman–Crippen MR) is 129 cm³/mol. The molecule has 0 saturated carbocycles. The lowest BCUT2D eigenvalue weighted by atomic mass is 9.80. The number of hydrogen-bond donors (Lipinski definition) is 0. The molecule has 0 aromatic heterocycles. The molecule has 1 aromatic carbocycles. The Morgan fingerprint density at radius 1 is 1.24 bits per heavy atom. The van der Waals surface area contributed by atoms with Gasteiger partial charge in [0.15, 0.2) is 5.88 Å². The van der Waals surface area contributed by atoms with Gasteiger partial charge in [-0.1, -0.05) is 38.1 Å². The molecular formula is C28H34F3NO2. The molecule has 4 unspecified atom stereocenters. The Morgan fingerprint density at radius 3 is 2.62 bits per heavy atom. The number of benzene rings is 1. The third-order valence-electron chi connectivity index (χ3n) is 7.56. The van der Waals surface area contributed by atoms with Gasteiger partial charge in [-0.05, 0) is 84.6 Å². The fourth-order valence-corrected chi connectivity index (χ4v) is 5.53. The van der Waals surface area contributed by atoms with Crippen molar-refractivity contribution in [2.45, 2.75) is 64.3 Å². The fraction of sp³-hybridized carbons (Fsp3) is 0.500. The molecule has 0 N–H and O–H groups in total. The van der Waals surface area contributed by atoms with E-state index in [2.05, 4.69) is 43.6 Å². The molecule has 1 aliphatic heterocycles. The topological polar surface area (TPSA) is 21.7 Å². The molecule has 2 aliphatic carbocycles. The van der Waals surface area contributed by atoms with Crippen LogP contribution >= 0.6 is 0 Å². The van der Waals surface area contributed by atoms with Gasteiger partial charge < -0.3 is 14.4 Å². The number of rotatable bonds is 5. The minimum atomic E-state index is -4.35. The first-order valence-corrected chi connectivity index (χ1v) is 12.1. The van der Waals surface area contributed by atoms with E-state index in [-0.39, 0.29) is 24.0 Å². The van der Waals surface area contributed by atoms with Gasteiger partial charge in [0.25, 0.3) is 0 Å². The van der Waals surface area contributed by atoms with Crippen molar-refractivity contribution in [1.29, 1.82) is 0 Å². The molecular weight excluding hydrogens is 439 g/mol. The smallest absolute Gasteiger partial charge is 0.416 e. The highest BCUT2D eigenvalue weighted by Gasteiger charge is 2.39. The molecule has 4 atom stereocenters. The molecule has 1 aromatic rings. The van der Waals surface area contributed by atoms with E-state index >= 15 is 0 Å². The van der Waals surface area contributed by atoms with Crippen LogP contribution in [-0.2, 0) is 15.7 Å². The minimum Gasteiger partial charge on any atom is -0.480 e. The van der Waals surface area contributed by atoms with Crippen molar-refractivity contribution in [3.63, 3.8) is 0 Å². The largest absolute Gasteiger partial charge is 0.480 e. The van der Waals surface area contributed by atoms with E-state index in [4.69, 9.17) is 9.47 Å². The van der Waals surface area contributed by atoms with E-state index in [1.165, 1.54) is 23.3 Å². The Labute approximate surface area is 200 Å². The summed E-state index contributed by atoms with van der Waals surface area (Å²) in [7, 11) is 1.71. The molecule has 0 radical (unpaired) electrons. The van der Waals surface area contributed by atoms with Gasteiger partial charge in [0.1, 0.15) is 0 Å². The molecule has 0 fully saturated rings. The van der Waals surface area contributed by atoms with Crippen molar-refractivity contribution in [3.05, 3.63) is 76.7 Å². The zero-order valence-corrected chi connectivity index (χ0v) is 20.4. The molecule has 0 amide bonds. The van der Waals surface area contributed by atoms with E-state index in [1.807, 2.05) is 6.92 Å². The molecule has 3 nitrogen and oxygen atoms in total. The monoisotopic (exact) mass is 473 g/mol. The van der Waals surface area contributed by atoms with Crippen molar-refractivity contribution in [1.82, 2.24) is 4.90 Å². The highest BCUT2D eigenvalue weighted by Crippen LogP contribution is 2.48. The van der Waals surface area contributed by atoms with Crippen molar-refractivity contribution < 1.29 is 22.6 Å². The Kier molecular flexibility index (Phi) is 6.99. The Morgan fingerprint density at radius 2 is 2.00 bits per heavy atom. The maximum atomic E-state index is 13.5. The first-order valence-electron chi connectivity index (χ1n) is 12.1. The summed E-state index contributed by atoms with van der Waals surface area (Å²) >= 11 is 0. The summed E-state index contributed by atoms with van der Waals surface area (Å²) in [5.74, 6) is 0.845. The van der Waals surface area contributed by atoms with E-state index in [9.17, 15) is 13.2 Å². The van der Waals surface area contributed by atoms with Gasteiger partial charge >= 0.3 is 6.18 Å². The van der Waals surface area contributed by atoms with Crippen LogP contribution in [0.4, 0.5) is 13.2 Å². The summed E-state index contributed by atoms with van der Waals surface area (Å²) in [6.45, 7) is 11.6. The molecule has 0 spiro atoms. The Hall–Kier alpha value is -2.47. The number of ether oxygens (including phenoxy) is 2. The number of alkyl halides is 3. The van der Waals surface area contributed by atoms with E-state index in [0.717, 1.165) is 36.0 Å². The minimum absolute atomic E-state index is 0.0147. The number of fused-ring (bicyclic) bond motifs is 2.